The summed E-state index contributed by atoms with van der Waals surface area (Å²) < 4.78 is 20.2. The van der Waals surface area contributed by atoms with E-state index in [1.165, 1.54) is 14.2 Å². The number of rotatable bonds is 5. The molecule has 49 heavy (non-hydrogen) atoms. The Hall–Kier alpha value is -3.68. The van der Waals surface area contributed by atoms with Crippen molar-refractivity contribution in [3.05, 3.63) is 71.8 Å². The number of nitrogens with zero attached hydrogens (tertiary/aromatic N) is 3. The molecule has 4 rings (SSSR count). The van der Waals surface area contributed by atoms with Crippen molar-refractivity contribution in [2.45, 2.75) is 63.6 Å². The van der Waals surface area contributed by atoms with Crippen molar-refractivity contribution < 1.29 is 38.1 Å². The third kappa shape index (κ3) is 15.2. The van der Waals surface area contributed by atoms with Gasteiger partial charge in [-0.25, -0.2) is 14.4 Å². The maximum Gasteiger partial charge on any atom is 0.410 e. The molecule has 0 bridgehead atoms. The van der Waals surface area contributed by atoms with Gasteiger partial charge in [-0.2, -0.15) is 0 Å². The minimum absolute atomic E-state index is 0.200. The molecule has 2 aromatic rings. The number of amides is 2. The highest BCUT2D eigenvalue weighted by atomic mass is 79.9. The maximum atomic E-state index is 12.2. The number of ether oxygens (including phenoxy) is 4. The number of alkyl halides is 1. The second-order valence-electron chi connectivity index (χ2n) is 13.4. The quantitative estimate of drug-likeness (QED) is 0.236. The van der Waals surface area contributed by atoms with Crippen LogP contribution in [0.25, 0.3) is 0 Å². The van der Waals surface area contributed by atoms with Crippen molar-refractivity contribution in [1.82, 2.24) is 20.0 Å². The summed E-state index contributed by atoms with van der Waals surface area (Å²) in [6.45, 7) is 16.6. The summed E-state index contributed by atoms with van der Waals surface area (Å²) >= 11 is 3.24. The van der Waals surface area contributed by atoms with Gasteiger partial charge in [0.05, 0.1) is 14.2 Å². The molecule has 13 heteroatoms. The topological polar surface area (TPSA) is 127 Å². The Balaban J connectivity index is 0.000000281. The van der Waals surface area contributed by atoms with Crippen molar-refractivity contribution in [1.29, 1.82) is 0 Å². The van der Waals surface area contributed by atoms with E-state index in [9.17, 15) is 19.2 Å². The lowest BCUT2D eigenvalue weighted by Gasteiger charge is -2.38. The molecular weight excluding hydrogens is 696 g/mol. The minimum atomic E-state index is -0.507. The molecule has 0 spiro atoms. The predicted molar refractivity (Wildman–Crippen MR) is 191 cm³/mol. The number of methoxy groups -OCH3 is 2. The van der Waals surface area contributed by atoms with Crippen LogP contribution in [-0.2, 0) is 28.5 Å². The van der Waals surface area contributed by atoms with Crippen LogP contribution in [-0.4, -0.2) is 117 Å². The number of carbonyl (C=O) groups excluding carboxylic acids is 4. The molecular formula is C36H53BrN4O8. The van der Waals surface area contributed by atoms with Crippen molar-refractivity contribution in [3.8, 4) is 0 Å². The van der Waals surface area contributed by atoms with Crippen LogP contribution in [0.1, 0.15) is 63.5 Å². The molecule has 272 valence electrons. The number of nitrogens with one attached hydrogen (secondary N) is 1. The zero-order valence-corrected chi connectivity index (χ0v) is 31.7. The van der Waals surface area contributed by atoms with Gasteiger partial charge in [0.2, 0.25) is 0 Å². The summed E-state index contributed by atoms with van der Waals surface area (Å²) in [6.07, 6.45) is -0.509. The van der Waals surface area contributed by atoms with Crippen molar-refractivity contribution >= 4 is 40.1 Å². The molecule has 2 aliphatic rings. The molecule has 2 unspecified atom stereocenters. The Morgan fingerprint density at radius 2 is 1.04 bits per heavy atom. The van der Waals surface area contributed by atoms with Gasteiger partial charge in [-0.05, 0) is 52.7 Å². The molecule has 2 aliphatic heterocycles. The molecule has 0 saturated carbocycles. The molecule has 2 atom stereocenters. The van der Waals surface area contributed by atoms with E-state index in [-0.39, 0.29) is 34.6 Å². The Morgan fingerprint density at radius 1 is 0.633 bits per heavy atom. The standard InChI is InChI=1S/C18H26N2O4.C9H9BrO2.C9H18N2O2/c1-18(2,3)24-17(22)20-12-10-19(11-13-20)15(16(21)23-4)14-8-6-5-7-9-14;1-12-9(11)8(10)7-5-3-2-4-6-7;1-9(2,3)13-8(12)11-6-4-10-5-7-11/h5-9,15H,10-13H2,1-4H3;2-6,8H,1H3;10H,4-7H2,1-3H3. The molecule has 1 N–H and O–H groups in total. The van der Waals surface area contributed by atoms with Gasteiger partial charge in [-0.15, -0.1) is 0 Å². The van der Waals surface area contributed by atoms with Crippen molar-refractivity contribution in [2.75, 3.05) is 66.6 Å². The molecule has 2 heterocycles. The lowest BCUT2D eigenvalue weighted by molar-refractivity contribution is -0.148. The summed E-state index contributed by atoms with van der Waals surface area (Å²) in [5.41, 5.74) is 0.911. The SMILES string of the molecule is CC(C)(C)OC(=O)N1CCNCC1.COC(=O)C(Br)c1ccccc1.COC(=O)C(c1ccccc1)N1CCN(C(=O)OC(C)(C)C)CC1. The van der Waals surface area contributed by atoms with E-state index in [2.05, 4.69) is 26.0 Å². The Morgan fingerprint density at radius 3 is 1.45 bits per heavy atom. The number of piperazine rings is 2. The summed E-state index contributed by atoms with van der Waals surface area (Å²) in [5, 5.41) is 3.18. The van der Waals surface area contributed by atoms with Crippen LogP contribution in [0.15, 0.2) is 60.7 Å². The van der Waals surface area contributed by atoms with E-state index in [0.29, 0.717) is 26.2 Å². The second kappa shape index (κ2) is 20.1. The van der Waals surface area contributed by atoms with Gasteiger partial charge < -0.3 is 34.1 Å². The third-order valence-corrected chi connectivity index (χ3v) is 8.04. The van der Waals surface area contributed by atoms with Gasteiger partial charge in [0.25, 0.3) is 0 Å². The molecule has 12 nitrogen and oxygen atoms in total. The zero-order valence-electron chi connectivity index (χ0n) is 30.1. The van der Waals surface area contributed by atoms with Crippen molar-refractivity contribution in [3.63, 3.8) is 0 Å². The third-order valence-electron chi connectivity index (χ3n) is 7.14. The summed E-state index contributed by atoms with van der Waals surface area (Å²) in [6, 6.07) is 18.5. The fourth-order valence-electron chi connectivity index (χ4n) is 4.77. The first-order chi connectivity index (χ1) is 23.1. The first-order valence-corrected chi connectivity index (χ1v) is 17.3. The number of esters is 2. The Kier molecular flexibility index (Phi) is 17.0. The maximum absolute atomic E-state index is 12.2. The van der Waals surface area contributed by atoms with Crippen LogP contribution in [0.4, 0.5) is 9.59 Å². The van der Waals surface area contributed by atoms with E-state index >= 15 is 0 Å². The van der Waals surface area contributed by atoms with Gasteiger partial charge >= 0.3 is 24.1 Å². The van der Waals surface area contributed by atoms with Crippen molar-refractivity contribution in [2.24, 2.45) is 0 Å². The van der Waals surface area contributed by atoms with Gasteiger partial charge in [-0.3, -0.25) is 9.69 Å². The lowest BCUT2D eigenvalue weighted by atomic mass is 10.0. The fraction of sp³-hybridized carbons (Fsp3) is 0.556. The molecule has 0 radical (unpaired) electrons. The van der Waals surface area contributed by atoms with Crippen LogP contribution in [0.2, 0.25) is 0 Å². The number of halogens is 1. The average Bonchev–Trinajstić information content (AvgIpc) is 3.08. The number of hydrogen-bond acceptors (Lipinski definition) is 10. The predicted octanol–water partition coefficient (Wildman–Crippen LogP) is 5.58. The van der Waals surface area contributed by atoms with Gasteiger partial charge in [0.1, 0.15) is 22.1 Å². The van der Waals surface area contributed by atoms with Gasteiger partial charge in [0.15, 0.2) is 0 Å². The number of benzene rings is 2. The summed E-state index contributed by atoms with van der Waals surface area (Å²) in [5.74, 6) is -0.562. The Labute approximate surface area is 299 Å². The normalized spacial score (nSPS) is 16.3. The summed E-state index contributed by atoms with van der Waals surface area (Å²) in [4.78, 5) is 52.0. The van der Waals surface area contributed by atoms with E-state index in [1.807, 2.05) is 107 Å². The monoisotopic (exact) mass is 748 g/mol. The first kappa shape index (κ1) is 41.5. The summed E-state index contributed by atoms with van der Waals surface area (Å²) in [7, 11) is 2.77. The number of hydrogen-bond donors (Lipinski definition) is 1. The molecule has 2 aromatic carbocycles. The molecule has 0 aliphatic carbocycles. The zero-order chi connectivity index (χ0) is 36.6. The van der Waals surface area contributed by atoms with Crippen LogP contribution in [0.3, 0.4) is 0 Å². The largest absolute Gasteiger partial charge is 0.468 e. The highest BCUT2D eigenvalue weighted by Crippen LogP contribution is 2.25. The van der Waals surface area contributed by atoms with Crippen LogP contribution < -0.4 is 5.32 Å². The minimum Gasteiger partial charge on any atom is -0.468 e. The second-order valence-corrected chi connectivity index (χ2v) is 14.3. The molecule has 2 saturated heterocycles. The van der Waals surface area contributed by atoms with E-state index < -0.39 is 11.6 Å². The average molecular weight is 750 g/mol. The lowest BCUT2D eigenvalue weighted by Crippen LogP contribution is -2.52. The van der Waals surface area contributed by atoms with Gasteiger partial charge in [-0.1, -0.05) is 76.6 Å². The number of carbonyl (C=O) groups is 4. The van der Waals surface area contributed by atoms with Gasteiger partial charge in [0, 0.05) is 52.4 Å². The smallest absolute Gasteiger partial charge is 0.410 e. The molecule has 0 aromatic heterocycles. The molecule has 2 fully saturated rings. The molecule has 2 amide bonds. The van der Waals surface area contributed by atoms with Crippen LogP contribution in [0.5, 0.6) is 0 Å². The highest BCUT2D eigenvalue weighted by Gasteiger charge is 2.33. The fourth-order valence-corrected chi connectivity index (χ4v) is 5.26. The van der Waals surface area contributed by atoms with E-state index in [4.69, 9.17) is 14.2 Å². The first-order valence-electron chi connectivity index (χ1n) is 16.4. The van der Waals surface area contributed by atoms with E-state index in [0.717, 1.165) is 37.3 Å². The highest BCUT2D eigenvalue weighted by molar-refractivity contribution is 9.09. The van der Waals surface area contributed by atoms with E-state index in [1.54, 1.807) is 9.80 Å². The Bertz CT molecular complexity index is 1300. The van der Waals surface area contributed by atoms with Crippen LogP contribution >= 0.6 is 15.9 Å². The van der Waals surface area contributed by atoms with Crippen LogP contribution in [0, 0.1) is 0 Å².